The Hall–Kier alpha value is -0.540. The van der Waals surface area contributed by atoms with Crippen molar-refractivity contribution in [2.24, 2.45) is 13.0 Å². The SMILES string of the molecule is CCc1cc(CNCC2CCCCC2Cl)n(C)n1. The summed E-state index contributed by atoms with van der Waals surface area (Å²) in [6, 6.07) is 2.19. The third-order valence-electron chi connectivity index (χ3n) is 3.92. The highest BCUT2D eigenvalue weighted by Crippen LogP contribution is 2.28. The van der Waals surface area contributed by atoms with Gasteiger partial charge in [0.05, 0.1) is 11.4 Å². The quantitative estimate of drug-likeness (QED) is 0.833. The fourth-order valence-electron chi connectivity index (χ4n) is 2.69. The van der Waals surface area contributed by atoms with Crippen LogP contribution in [0, 0.1) is 5.92 Å². The van der Waals surface area contributed by atoms with Crippen molar-refractivity contribution in [1.29, 1.82) is 0 Å². The lowest BCUT2D eigenvalue weighted by Gasteiger charge is -2.27. The molecular formula is C14H24ClN3. The Bertz CT molecular complexity index is 375. The third-order valence-corrected chi connectivity index (χ3v) is 4.49. The summed E-state index contributed by atoms with van der Waals surface area (Å²) in [5.41, 5.74) is 2.43. The summed E-state index contributed by atoms with van der Waals surface area (Å²) < 4.78 is 1.98. The second-order valence-corrected chi connectivity index (χ2v) is 5.86. The van der Waals surface area contributed by atoms with Crippen LogP contribution in [0.4, 0.5) is 0 Å². The molecule has 0 aromatic carbocycles. The van der Waals surface area contributed by atoms with Gasteiger partial charge in [-0.2, -0.15) is 5.10 Å². The summed E-state index contributed by atoms with van der Waals surface area (Å²) in [6.45, 7) is 4.06. The monoisotopic (exact) mass is 269 g/mol. The third kappa shape index (κ3) is 3.48. The van der Waals surface area contributed by atoms with E-state index in [0.717, 1.165) is 19.5 Å². The summed E-state index contributed by atoms with van der Waals surface area (Å²) in [6.07, 6.45) is 6.08. The molecule has 0 bridgehead atoms. The first kappa shape index (κ1) is 13.9. The lowest BCUT2D eigenvalue weighted by atomic mass is 9.89. The van der Waals surface area contributed by atoms with Crippen molar-refractivity contribution in [2.75, 3.05) is 6.54 Å². The predicted octanol–water partition coefficient (Wildman–Crippen LogP) is 2.87. The molecule has 1 aliphatic carbocycles. The first-order chi connectivity index (χ1) is 8.70. The van der Waals surface area contributed by atoms with E-state index in [1.807, 2.05) is 11.7 Å². The van der Waals surface area contributed by atoms with Crippen LogP contribution in [0.2, 0.25) is 0 Å². The minimum absolute atomic E-state index is 0.365. The summed E-state index contributed by atoms with van der Waals surface area (Å²) in [7, 11) is 2.02. The molecular weight excluding hydrogens is 246 g/mol. The van der Waals surface area contributed by atoms with E-state index in [1.54, 1.807) is 0 Å². The number of aryl methyl sites for hydroxylation is 2. The van der Waals surface area contributed by atoms with E-state index in [-0.39, 0.29) is 0 Å². The van der Waals surface area contributed by atoms with Gasteiger partial charge in [0.1, 0.15) is 0 Å². The van der Waals surface area contributed by atoms with Gasteiger partial charge >= 0.3 is 0 Å². The van der Waals surface area contributed by atoms with Crippen LogP contribution in [0.5, 0.6) is 0 Å². The van der Waals surface area contributed by atoms with Gasteiger partial charge in [0.15, 0.2) is 0 Å². The zero-order valence-electron chi connectivity index (χ0n) is 11.5. The molecule has 0 spiro atoms. The van der Waals surface area contributed by atoms with Gasteiger partial charge in [0.2, 0.25) is 0 Å². The zero-order chi connectivity index (χ0) is 13.0. The van der Waals surface area contributed by atoms with Gasteiger partial charge in [0.25, 0.3) is 0 Å². The van der Waals surface area contributed by atoms with Crippen molar-refractivity contribution < 1.29 is 0 Å². The van der Waals surface area contributed by atoms with E-state index in [1.165, 1.54) is 37.1 Å². The van der Waals surface area contributed by atoms with Crippen molar-refractivity contribution in [3.8, 4) is 0 Å². The molecule has 0 saturated heterocycles. The van der Waals surface area contributed by atoms with Gasteiger partial charge in [-0.15, -0.1) is 11.6 Å². The zero-order valence-corrected chi connectivity index (χ0v) is 12.2. The molecule has 102 valence electrons. The second kappa shape index (κ2) is 6.58. The molecule has 0 aliphatic heterocycles. The molecule has 0 amide bonds. The molecule has 2 unspecified atom stereocenters. The lowest BCUT2D eigenvalue weighted by molar-refractivity contribution is 0.347. The maximum Gasteiger partial charge on any atom is 0.0625 e. The Morgan fingerprint density at radius 2 is 2.22 bits per heavy atom. The van der Waals surface area contributed by atoms with Crippen molar-refractivity contribution in [2.45, 2.75) is 50.9 Å². The number of hydrogen-bond donors (Lipinski definition) is 1. The van der Waals surface area contributed by atoms with Crippen LogP contribution in [-0.4, -0.2) is 21.7 Å². The molecule has 18 heavy (non-hydrogen) atoms. The van der Waals surface area contributed by atoms with Crippen molar-refractivity contribution in [1.82, 2.24) is 15.1 Å². The molecule has 0 radical (unpaired) electrons. The molecule has 1 fully saturated rings. The van der Waals surface area contributed by atoms with E-state index in [4.69, 9.17) is 11.6 Å². The van der Waals surface area contributed by atoms with Gasteiger partial charge in [-0.1, -0.05) is 19.8 Å². The Balaban J connectivity index is 1.78. The van der Waals surface area contributed by atoms with Crippen molar-refractivity contribution in [3.63, 3.8) is 0 Å². The van der Waals surface area contributed by atoms with Crippen molar-refractivity contribution >= 4 is 11.6 Å². The number of nitrogens with one attached hydrogen (secondary N) is 1. The Morgan fingerprint density at radius 1 is 1.44 bits per heavy atom. The van der Waals surface area contributed by atoms with Gasteiger partial charge in [-0.25, -0.2) is 0 Å². The number of nitrogens with zero attached hydrogens (tertiary/aromatic N) is 2. The number of rotatable bonds is 5. The molecule has 1 aromatic rings. The van der Waals surface area contributed by atoms with Crippen LogP contribution >= 0.6 is 11.6 Å². The maximum atomic E-state index is 6.36. The second-order valence-electron chi connectivity index (χ2n) is 5.30. The Labute approximate surface area is 115 Å². The van der Waals surface area contributed by atoms with Crippen LogP contribution in [0.25, 0.3) is 0 Å². The minimum atomic E-state index is 0.365. The molecule has 2 rings (SSSR count). The van der Waals surface area contributed by atoms with E-state index < -0.39 is 0 Å². The van der Waals surface area contributed by atoms with Crippen LogP contribution in [0.3, 0.4) is 0 Å². The summed E-state index contributed by atoms with van der Waals surface area (Å²) in [5, 5.41) is 8.36. The number of alkyl halides is 1. The average molecular weight is 270 g/mol. The normalized spacial score (nSPS) is 24.4. The first-order valence-electron chi connectivity index (χ1n) is 7.07. The summed E-state index contributed by atoms with van der Waals surface area (Å²) in [5.74, 6) is 0.638. The topological polar surface area (TPSA) is 29.9 Å². The Kier molecular flexibility index (Phi) is 5.07. The molecule has 1 N–H and O–H groups in total. The van der Waals surface area contributed by atoms with Gasteiger partial charge in [-0.05, 0) is 37.8 Å². The van der Waals surface area contributed by atoms with Crippen LogP contribution in [0.15, 0.2) is 6.07 Å². The molecule has 1 heterocycles. The maximum absolute atomic E-state index is 6.36. The molecule has 4 heteroatoms. The molecule has 1 aliphatic rings. The van der Waals surface area contributed by atoms with Gasteiger partial charge in [-0.3, -0.25) is 4.68 Å². The highest BCUT2D eigenvalue weighted by Gasteiger charge is 2.22. The summed E-state index contributed by atoms with van der Waals surface area (Å²) in [4.78, 5) is 0. The van der Waals surface area contributed by atoms with E-state index >= 15 is 0 Å². The standard InChI is InChI=1S/C14H24ClN3/c1-3-12-8-13(18(2)17-12)10-16-9-11-6-4-5-7-14(11)15/h8,11,14,16H,3-7,9-10H2,1-2H3. The van der Waals surface area contributed by atoms with E-state index in [9.17, 15) is 0 Å². The highest BCUT2D eigenvalue weighted by molar-refractivity contribution is 6.20. The predicted molar refractivity (Wildman–Crippen MR) is 75.9 cm³/mol. The largest absolute Gasteiger partial charge is 0.311 e. The fraction of sp³-hybridized carbons (Fsp3) is 0.786. The van der Waals surface area contributed by atoms with Crippen LogP contribution in [0.1, 0.15) is 44.0 Å². The minimum Gasteiger partial charge on any atom is -0.311 e. The van der Waals surface area contributed by atoms with Crippen molar-refractivity contribution in [3.05, 3.63) is 17.5 Å². The van der Waals surface area contributed by atoms with Crippen LogP contribution in [-0.2, 0) is 20.0 Å². The Morgan fingerprint density at radius 3 is 2.89 bits per heavy atom. The molecule has 2 atom stereocenters. The summed E-state index contributed by atoms with van der Waals surface area (Å²) >= 11 is 6.36. The highest BCUT2D eigenvalue weighted by atomic mass is 35.5. The first-order valence-corrected chi connectivity index (χ1v) is 7.51. The molecule has 1 saturated carbocycles. The van der Waals surface area contributed by atoms with Gasteiger partial charge in [0, 0.05) is 19.0 Å². The lowest BCUT2D eigenvalue weighted by Crippen LogP contribution is -2.31. The number of aromatic nitrogens is 2. The van der Waals surface area contributed by atoms with E-state index in [2.05, 4.69) is 23.4 Å². The number of halogens is 1. The van der Waals surface area contributed by atoms with Gasteiger partial charge < -0.3 is 5.32 Å². The average Bonchev–Trinajstić information content (AvgIpc) is 2.73. The molecule has 3 nitrogen and oxygen atoms in total. The molecule has 1 aromatic heterocycles. The fourth-order valence-corrected chi connectivity index (χ4v) is 3.06. The smallest absolute Gasteiger partial charge is 0.0625 e. The van der Waals surface area contributed by atoms with E-state index in [0.29, 0.717) is 11.3 Å². The number of hydrogen-bond acceptors (Lipinski definition) is 2. The van der Waals surface area contributed by atoms with Crippen LogP contribution < -0.4 is 5.32 Å².